The third kappa shape index (κ3) is 1.74. The molecular weight excluding hydrogens is 186 g/mol. The average molecular weight is 199 g/mol. The summed E-state index contributed by atoms with van der Waals surface area (Å²) in [7, 11) is 0. The number of hydrogen-bond acceptors (Lipinski definition) is 5. The first-order valence-electron chi connectivity index (χ1n) is 4.18. The number of aliphatic carboxylic acids is 1. The summed E-state index contributed by atoms with van der Waals surface area (Å²) in [6.45, 7) is 4.70. The first-order valence-corrected chi connectivity index (χ1v) is 4.18. The fourth-order valence-electron chi connectivity index (χ4n) is 0.770. The van der Waals surface area contributed by atoms with Gasteiger partial charge in [0.1, 0.15) is 5.41 Å². The molecule has 14 heavy (non-hydrogen) atoms. The smallest absolute Gasteiger partial charge is 0.316 e. The standard InChI is InChI=1S/C8H13N3O3/c1-4(9)5-10-6(11-14-5)8(2,3)7(12)13/h4H,9H2,1-3H3,(H,12,13)/t4-/m1/s1. The van der Waals surface area contributed by atoms with Gasteiger partial charge >= 0.3 is 5.97 Å². The third-order valence-electron chi connectivity index (χ3n) is 1.92. The van der Waals surface area contributed by atoms with Crippen molar-refractivity contribution in [2.75, 3.05) is 0 Å². The van der Waals surface area contributed by atoms with Crippen molar-refractivity contribution in [3.05, 3.63) is 11.7 Å². The maximum atomic E-state index is 10.8. The molecule has 0 saturated carbocycles. The summed E-state index contributed by atoms with van der Waals surface area (Å²) in [5, 5.41) is 12.5. The third-order valence-corrected chi connectivity index (χ3v) is 1.92. The minimum absolute atomic E-state index is 0.136. The summed E-state index contributed by atoms with van der Waals surface area (Å²) in [4.78, 5) is 14.8. The van der Waals surface area contributed by atoms with Gasteiger partial charge in [-0.1, -0.05) is 5.16 Å². The van der Waals surface area contributed by atoms with Crippen LogP contribution in [0.15, 0.2) is 4.52 Å². The lowest BCUT2D eigenvalue weighted by molar-refractivity contribution is -0.142. The molecule has 0 radical (unpaired) electrons. The summed E-state index contributed by atoms with van der Waals surface area (Å²) in [5.74, 6) is -0.624. The van der Waals surface area contributed by atoms with Gasteiger partial charge in [0.15, 0.2) is 5.82 Å². The Hall–Kier alpha value is -1.43. The second kappa shape index (κ2) is 3.38. The number of hydrogen-bond donors (Lipinski definition) is 2. The number of nitrogens with zero attached hydrogens (tertiary/aromatic N) is 2. The van der Waals surface area contributed by atoms with E-state index in [4.69, 9.17) is 15.4 Å². The van der Waals surface area contributed by atoms with Crippen LogP contribution in [0.25, 0.3) is 0 Å². The lowest BCUT2D eigenvalue weighted by atomic mass is 9.93. The van der Waals surface area contributed by atoms with Gasteiger partial charge in [-0.3, -0.25) is 4.79 Å². The molecule has 0 bridgehead atoms. The van der Waals surface area contributed by atoms with Crippen LogP contribution in [0.2, 0.25) is 0 Å². The highest BCUT2D eigenvalue weighted by molar-refractivity contribution is 5.78. The molecule has 3 N–H and O–H groups in total. The fourth-order valence-corrected chi connectivity index (χ4v) is 0.770. The maximum Gasteiger partial charge on any atom is 0.316 e. The van der Waals surface area contributed by atoms with Crippen molar-refractivity contribution >= 4 is 5.97 Å². The Bertz CT molecular complexity index is 343. The topological polar surface area (TPSA) is 102 Å². The van der Waals surface area contributed by atoms with Crippen molar-refractivity contribution in [3.63, 3.8) is 0 Å². The van der Waals surface area contributed by atoms with Crippen LogP contribution in [0, 0.1) is 0 Å². The molecule has 1 atom stereocenters. The summed E-state index contributed by atoms with van der Waals surface area (Å²) in [6, 6.07) is -0.388. The van der Waals surface area contributed by atoms with Crippen LogP contribution in [-0.2, 0) is 10.2 Å². The van der Waals surface area contributed by atoms with E-state index in [-0.39, 0.29) is 17.8 Å². The van der Waals surface area contributed by atoms with Gasteiger partial charge in [-0.15, -0.1) is 0 Å². The molecule has 1 aromatic heterocycles. The van der Waals surface area contributed by atoms with Crippen molar-refractivity contribution in [3.8, 4) is 0 Å². The van der Waals surface area contributed by atoms with Crippen LogP contribution >= 0.6 is 0 Å². The molecule has 6 nitrogen and oxygen atoms in total. The van der Waals surface area contributed by atoms with Gasteiger partial charge in [0.25, 0.3) is 0 Å². The highest BCUT2D eigenvalue weighted by atomic mass is 16.5. The Balaban J connectivity index is 3.03. The van der Waals surface area contributed by atoms with Crippen LogP contribution in [0.1, 0.15) is 38.5 Å². The van der Waals surface area contributed by atoms with Gasteiger partial charge in [-0.2, -0.15) is 4.98 Å². The zero-order valence-corrected chi connectivity index (χ0v) is 8.31. The van der Waals surface area contributed by atoms with Crippen molar-refractivity contribution in [2.24, 2.45) is 5.73 Å². The fraction of sp³-hybridized carbons (Fsp3) is 0.625. The van der Waals surface area contributed by atoms with E-state index in [1.54, 1.807) is 6.92 Å². The number of rotatable bonds is 3. The normalized spacial score (nSPS) is 14.0. The highest BCUT2D eigenvalue weighted by Crippen LogP contribution is 2.21. The average Bonchev–Trinajstić information content (AvgIpc) is 2.51. The Morgan fingerprint density at radius 1 is 1.64 bits per heavy atom. The molecule has 0 amide bonds. The number of nitrogens with two attached hydrogens (primary N) is 1. The van der Waals surface area contributed by atoms with E-state index >= 15 is 0 Å². The second-order valence-corrected chi connectivity index (χ2v) is 3.68. The molecule has 0 aliphatic rings. The van der Waals surface area contributed by atoms with Crippen LogP contribution < -0.4 is 5.73 Å². The number of carboxylic acids is 1. The molecule has 0 unspecified atom stereocenters. The molecule has 1 rings (SSSR count). The van der Waals surface area contributed by atoms with Crippen LogP contribution in [0.3, 0.4) is 0 Å². The van der Waals surface area contributed by atoms with E-state index in [2.05, 4.69) is 10.1 Å². The lowest BCUT2D eigenvalue weighted by Gasteiger charge is -2.12. The number of carboxylic acid groups (broad SMARTS) is 1. The molecule has 0 aromatic carbocycles. The van der Waals surface area contributed by atoms with Gasteiger partial charge in [0.2, 0.25) is 5.89 Å². The Labute approximate surface area is 81.1 Å². The zero-order valence-electron chi connectivity index (χ0n) is 8.31. The van der Waals surface area contributed by atoms with E-state index < -0.39 is 11.4 Å². The molecule has 78 valence electrons. The summed E-state index contributed by atoms with van der Waals surface area (Å²) in [6.07, 6.45) is 0. The summed E-state index contributed by atoms with van der Waals surface area (Å²) in [5.41, 5.74) is 4.35. The zero-order chi connectivity index (χ0) is 10.9. The quantitative estimate of drug-likeness (QED) is 0.732. The first kappa shape index (κ1) is 10.6. The van der Waals surface area contributed by atoms with Crippen molar-refractivity contribution < 1.29 is 14.4 Å². The van der Waals surface area contributed by atoms with E-state index in [0.717, 1.165) is 0 Å². The Morgan fingerprint density at radius 3 is 2.57 bits per heavy atom. The van der Waals surface area contributed by atoms with Gasteiger partial charge in [0, 0.05) is 0 Å². The summed E-state index contributed by atoms with van der Waals surface area (Å²) < 4.78 is 4.81. The van der Waals surface area contributed by atoms with Crippen molar-refractivity contribution in [1.82, 2.24) is 10.1 Å². The van der Waals surface area contributed by atoms with Crippen molar-refractivity contribution in [1.29, 1.82) is 0 Å². The van der Waals surface area contributed by atoms with Crippen LogP contribution in [-0.4, -0.2) is 21.2 Å². The molecule has 1 aromatic rings. The highest BCUT2D eigenvalue weighted by Gasteiger charge is 2.35. The minimum atomic E-state index is -1.16. The Morgan fingerprint density at radius 2 is 2.21 bits per heavy atom. The molecule has 0 spiro atoms. The van der Waals surface area contributed by atoms with Gasteiger partial charge in [0.05, 0.1) is 6.04 Å². The molecule has 0 saturated heterocycles. The van der Waals surface area contributed by atoms with Gasteiger partial charge in [-0.25, -0.2) is 0 Å². The largest absolute Gasteiger partial charge is 0.481 e. The molecule has 1 heterocycles. The number of carbonyl (C=O) groups is 1. The van der Waals surface area contributed by atoms with Gasteiger partial charge in [-0.05, 0) is 20.8 Å². The second-order valence-electron chi connectivity index (χ2n) is 3.68. The monoisotopic (exact) mass is 199 g/mol. The predicted molar refractivity (Wildman–Crippen MR) is 47.6 cm³/mol. The van der Waals surface area contributed by atoms with Crippen LogP contribution in [0.5, 0.6) is 0 Å². The molecular formula is C8H13N3O3. The first-order chi connectivity index (χ1) is 6.35. The van der Waals surface area contributed by atoms with E-state index in [1.165, 1.54) is 13.8 Å². The Kier molecular flexibility index (Phi) is 2.57. The van der Waals surface area contributed by atoms with E-state index in [1.807, 2.05) is 0 Å². The molecule has 0 fully saturated rings. The molecule has 0 aliphatic heterocycles. The maximum absolute atomic E-state index is 10.8. The van der Waals surface area contributed by atoms with E-state index in [0.29, 0.717) is 0 Å². The minimum Gasteiger partial charge on any atom is -0.481 e. The lowest BCUT2D eigenvalue weighted by Crippen LogP contribution is -2.30. The summed E-state index contributed by atoms with van der Waals surface area (Å²) >= 11 is 0. The van der Waals surface area contributed by atoms with E-state index in [9.17, 15) is 4.79 Å². The molecule has 6 heteroatoms. The number of aromatic nitrogens is 2. The van der Waals surface area contributed by atoms with Crippen LogP contribution in [0.4, 0.5) is 0 Å². The van der Waals surface area contributed by atoms with Crippen molar-refractivity contribution in [2.45, 2.75) is 32.2 Å². The predicted octanol–water partition coefficient (Wildman–Crippen LogP) is 0.451. The molecule has 0 aliphatic carbocycles. The SMILES string of the molecule is C[C@@H](N)c1nc(C(C)(C)C(=O)O)no1. The van der Waals surface area contributed by atoms with Gasteiger partial charge < -0.3 is 15.4 Å².